The molecule has 3 nitrogen and oxygen atoms in total. The molecule has 0 spiro atoms. The molecule has 0 bridgehead atoms. The fourth-order valence-electron chi connectivity index (χ4n) is 1.22. The van der Waals surface area contributed by atoms with Crippen LogP contribution in [0.4, 0.5) is 15.8 Å². The van der Waals surface area contributed by atoms with Crippen molar-refractivity contribution >= 4 is 11.4 Å². The van der Waals surface area contributed by atoms with E-state index in [4.69, 9.17) is 0 Å². The van der Waals surface area contributed by atoms with E-state index in [2.05, 4.69) is 17.2 Å². The van der Waals surface area contributed by atoms with Gasteiger partial charge in [-0.25, -0.2) is 4.39 Å². The van der Waals surface area contributed by atoms with Crippen molar-refractivity contribution in [1.29, 1.82) is 0 Å². The summed E-state index contributed by atoms with van der Waals surface area (Å²) in [6.45, 7) is 3.58. The van der Waals surface area contributed by atoms with Crippen LogP contribution >= 0.6 is 0 Å². The van der Waals surface area contributed by atoms with Gasteiger partial charge in [0, 0.05) is 0 Å². The van der Waals surface area contributed by atoms with Crippen molar-refractivity contribution in [2.45, 2.75) is 6.23 Å². The van der Waals surface area contributed by atoms with Gasteiger partial charge in [-0.3, -0.25) is 0 Å². The van der Waals surface area contributed by atoms with E-state index in [1.54, 1.807) is 6.07 Å². The van der Waals surface area contributed by atoms with E-state index in [0.717, 1.165) is 0 Å². The molecule has 1 heterocycles. The molecule has 0 saturated heterocycles. The van der Waals surface area contributed by atoms with E-state index in [-0.39, 0.29) is 5.82 Å². The Morgan fingerprint density at radius 1 is 1.38 bits per heavy atom. The van der Waals surface area contributed by atoms with Crippen molar-refractivity contribution in [3.63, 3.8) is 0 Å². The minimum Gasteiger partial charge on any atom is -0.368 e. The Labute approximate surface area is 74.9 Å². The summed E-state index contributed by atoms with van der Waals surface area (Å²) in [7, 11) is 0. The molecular formula is C9H9FN2O. The average molecular weight is 180 g/mol. The van der Waals surface area contributed by atoms with Crippen molar-refractivity contribution in [2.24, 2.45) is 0 Å². The van der Waals surface area contributed by atoms with Gasteiger partial charge in [-0.1, -0.05) is 6.58 Å². The molecule has 0 amide bonds. The summed E-state index contributed by atoms with van der Waals surface area (Å²) in [6, 6.07) is 4.24. The third-order valence-electron chi connectivity index (χ3n) is 1.90. The van der Waals surface area contributed by atoms with Crippen LogP contribution in [0.15, 0.2) is 30.5 Å². The highest BCUT2D eigenvalue weighted by molar-refractivity contribution is 5.74. The van der Waals surface area contributed by atoms with Crippen molar-refractivity contribution in [3.05, 3.63) is 36.3 Å². The molecule has 0 saturated carbocycles. The maximum atomic E-state index is 12.8. The first kappa shape index (κ1) is 8.07. The second-order valence-electron chi connectivity index (χ2n) is 2.89. The topological polar surface area (TPSA) is 44.3 Å². The van der Waals surface area contributed by atoms with Crippen LogP contribution < -0.4 is 10.6 Å². The van der Waals surface area contributed by atoms with Crippen molar-refractivity contribution in [2.75, 3.05) is 10.6 Å². The van der Waals surface area contributed by atoms with Gasteiger partial charge in [0.15, 0.2) is 6.23 Å². The Morgan fingerprint density at radius 2 is 2.15 bits per heavy atom. The van der Waals surface area contributed by atoms with Crippen LogP contribution in [0.3, 0.4) is 0 Å². The summed E-state index contributed by atoms with van der Waals surface area (Å²) in [5, 5.41) is 14.9. The lowest BCUT2D eigenvalue weighted by Crippen LogP contribution is -2.29. The van der Waals surface area contributed by atoms with Crippen LogP contribution in [0.1, 0.15) is 0 Å². The average Bonchev–Trinajstić information content (AvgIpc) is 2.08. The smallest absolute Gasteiger partial charge is 0.165 e. The predicted molar refractivity (Wildman–Crippen MR) is 48.8 cm³/mol. The fraction of sp³-hybridized carbons (Fsp3) is 0.111. The van der Waals surface area contributed by atoms with Gasteiger partial charge in [0.25, 0.3) is 0 Å². The first-order chi connectivity index (χ1) is 6.16. The highest BCUT2D eigenvalue weighted by Gasteiger charge is 2.17. The number of nitrogens with one attached hydrogen (secondary N) is 2. The monoisotopic (exact) mass is 180 g/mol. The Balaban J connectivity index is 2.42. The summed E-state index contributed by atoms with van der Waals surface area (Å²) in [5.41, 5.74) is 1.68. The van der Waals surface area contributed by atoms with Crippen LogP contribution in [-0.4, -0.2) is 11.3 Å². The van der Waals surface area contributed by atoms with Gasteiger partial charge in [-0.15, -0.1) is 0 Å². The molecule has 1 aliphatic rings. The maximum absolute atomic E-state index is 12.8. The highest BCUT2D eigenvalue weighted by atomic mass is 19.1. The molecule has 1 atom stereocenters. The number of halogens is 1. The molecule has 1 aromatic rings. The summed E-state index contributed by atoms with van der Waals surface area (Å²) in [6.07, 6.45) is -0.821. The number of aliphatic hydroxyl groups excluding tert-OH is 1. The van der Waals surface area contributed by atoms with Gasteiger partial charge in [-0.05, 0) is 18.2 Å². The molecule has 13 heavy (non-hydrogen) atoms. The maximum Gasteiger partial charge on any atom is 0.165 e. The number of hydrogen-bond donors (Lipinski definition) is 3. The van der Waals surface area contributed by atoms with Crippen LogP contribution in [0.25, 0.3) is 0 Å². The van der Waals surface area contributed by atoms with Crippen molar-refractivity contribution in [3.8, 4) is 0 Å². The van der Waals surface area contributed by atoms with Gasteiger partial charge in [0.1, 0.15) is 5.82 Å². The second kappa shape index (κ2) is 2.74. The lowest BCUT2D eigenvalue weighted by molar-refractivity contribution is 0.240. The van der Waals surface area contributed by atoms with E-state index in [1.807, 2.05) is 0 Å². The molecule has 3 N–H and O–H groups in total. The number of aliphatic hydroxyl groups is 1. The standard InChI is InChI=1S/C9H9FN2O/c1-5-9(13)12-7-3-2-6(10)4-8(7)11-5/h2-4,9,11-13H,1H2. The number of anilines is 2. The zero-order valence-electron chi connectivity index (χ0n) is 6.84. The third-order valence-corrected chi connectivity index (χ3v) is 1.90. The highest BCUT2D eigenvalue weighted by Crippen LogP contribution is 2.29. The van der Waals surface area contributed by atoms with Crippen LogP contribution in [0.5, 0.6) is 0 Å². The van der Waals surface area contributed by atoms with Gasteiger partial charge in [-0.2, -0.15) is 0 Å². The molecule has 1 aliphatic heterocycles. The second-order valence-corrected chi connectivity index (χ2v) is 2.89. The van der Waals surface area contributed by atoms with Crippen molar-refractivity contribution < 1.29 is 9.50 Å². The zero-order chi connectivity index (χ0) is 9.42. The molecule has 2 rings (SSSR count). The molecule has 0 aliphatic carbocycles. The van der Waals surface area contributed by atoms with E-state index in [1.165, 1.54) is 12.1 Å². The zero-order valence-corrected chi connectivity index (χ0v) is 6.84. The molecule has 68 valence electrons. The molecule has 1 unspecified atom stereocenters. The van der Waals surface area contributed by atoms with E-state index >= 15 is 0 Å². The molecular weight excluding hydrogens is 171 g/mol. The normalized spacial score (nSPS) is 20.2. The van der Waals surface area contributed by atoms with Crippen LogP contribution in [-0.2, 0) is 0 Å². The van der Waals surface area contributed by atoms with E-state index in [0.29, 0.717) is 17.1 Å². The summed E-state index contributed by atoms with van der Waals surface area (Å²) in [4.78, 5) is 0. The number of benzene rings is 1. The van der Waals surface area contributed by atoms with Gasteiger partial charge >= 0.3 is 0 Å². The lowest BCUT2D eigenvalue weighted by Gasteiger charge is -2.26. The summed E-state index contributed by atoms with van der Waals surface area (Å²) >= 11 is 0. The first-order valence-electron chi connectivity index (χ1n) is 3.87. The number of fused-ring (bicyclic) bond motifs is 1. The van der Waals surface area contributed by atoms with Gasteiger partial charge < -0.3 is 15.7 Å². The predicted octanol–water partition coefficient (Wildman–Crippen LogP) is 1.50. The Kier molecular flexibility index (Phi) is 1.70. The van der Waals surface area contributed by atoms with E-state index < -0.39 is 6.23 Å². The van der Waals surface area contributed by atoms with Crippen molar-refractivity contribution in [1.82, 2.24) is 0 Å². The molecule has 4 heteroatoms. The Morgan fingerprint density at radius 3 is 2.92 bits per heavy atom. The number of hydrogen-bond acceptors (Lipinski definition) is 3. The molecule has 0 fully saturated rings. The SMILES string of the molecule is C=C1Nc2cc(F)ccc2NC1O. The minimum absolute atomic E-state index is 0.322. The van der Waals surface area contributed by atoms with E-state index in [9.17, 15) is 9.50 Å². The number of rotatable bonds is 0. The lowest BCUT2D eigenvalue weighted by atomic mass is 10.2. The Hall–Kier alpha value is -1.55. The Bertz CT molecular complexity index is 365. The fourth-order valence-corrected chi connectivity index (χ4v) is 1.22. The molecule has 0 aromatic heterocycles. The third kappa shape index (κ3) is 1.36. The molecule has 0 radical (unpaired) electrons. The quantitative estimate of drug-likeness (QED) is 0.566. The van der Waals surface area contributed by atoms with Gasteiger partial charge in [0.2, 0.25) is 0 Å². The molecule has 1 aromatic carbocycles. The first-order valence-corrected chi connectivity index (χ1v) is 3.87. The van der Waals surface area contributed by atoms with Crippen LogP contribution in [0, 0.1) is 5.82 Å². The van der Waals surface area contributed by atoms with Crippen LogP contribution in [0.2, 0.25) is 0 Å². The summed E-state index contributed by atoms with van der Waals surface area (Å²) < 4.78 is 12.8. The largest absolute Gasteiger partial charge is 0.368 e. The minimum atomic E-state index is -0.821. The van der Waals surface area contributed by atoms with Gasteiger partial charge in [0.05, 0.1) is 17.1 Å². The summed E-state index contributed by atoms with van der Waals surface area (Å²) in [5.74, 6) is -0.322.